The van der Waals surface area contributed by atoms with Crippen molar-refractivity contribution < 1.29 is 4.52 Å². The van der Waals surface area contributed by atoms with Crippen molar-refractivity contribution in [3.8, 4) is 22.4 Å². The van der Waals surface area contributed by atoms with Gasteiger partial charge in [-0.05, 0) is 42.7 Å². The third-order valence-corrected chi connectivity index (χ3v) is 3.55. The van der Waals surface area contributed by atoms with E-state index < -0.39 is 0 Å². The molecule has 0 amide bonds. The highest BCUT2D eigenvalue weighted by Crippen LogP contribution is 2.37. The van der Waals surface area contributed by atoms with E-state index in [9.17, 15) is 0 Å². The molecule has 0 radical (unpaired) electrons. The van der Waals surface area contributed by atoms with Crippen LogP contribution in [0.5, 0.6) is 0 Å². The second-order valence-corrected chi connectivity index (χ2v) is 4.75. The standard InChI is InChI=1S/C16H15N3O/c1-10-4-3-5-13(11(10)2)15-14(16(17)20-19-15)12-6-8-18-9-7-12/h3-9H,17H2,1-2H3. The van der Waals surface area contributed by atoms with Crippen LogP contribution in [-0.2, 0) is 0 Å². The summed E-state index contributed by atoms with van der Waals surface area (Å²) in [5, 5.41) is 4.14. The van der Waals surface area contributed by atoms with E-state index in [1.165, 1.54) is 11.1 Å². The van der Waals surface area contributed by atoms with E-state index in [1.54, 1.807) is 12.4 Å². The Morgan fingerprint density at radius 3 is 2.55 bits per heavy atom. The van der Waals surface area contributed by atoms with E-state index in [1.807, 2.05) is 24.3 Å². The molecule has 4 heteroatoms. The van der Waals surface area contributed by atoms with Gasteiger partial charge in [0.2, 0.25) is 5.88 Å². The zero-order valence-electron chi connectivity index (χ0n) is 11.4. The molecule has 3 aromatic rings. The fraction of sp³-hybridized carbons (Fsp3) is 0.125. The van der Waals surface area contributed by atoms with Gasteiger partial charge in [0.25, 0.3) is 0 Å². The van der Waals surface area contributed by atoms with Gasteiger partial charge in [-0.2, -0.15) is 0 Å². The molecule has 0 fully saturated rings. The van der Waals surface area contributed by atoms with Gasteiger partial charge in [-0.25, -0.2) is 0 Å². The molecule has 2 N–H and O–H groups in total. The molecule has 0 aliphatic heterocycles. The van der Waals surface area contributed by atoms with Crippen LogP contribution in [-0.4, -0.2) is 10.1 Å². The zero-order valence-corrected chi connectivity index (χ0v) is 11.4. The number of nitrogen functional groups attached to an aromatic ring is 1. The Morgan fingerprint density at radius 1 is 1.05 bits per heavy atom. The fourth-order valence-corrected chi connectivity index (χ4v) is 2.29. The molecule has 0 spiro atoms. The van der Waals surface area contributed by atoms with Crippen LogP contribution in [0.2, 0.25) is 0 Å². The lowest BCUT2D eigenvalue weighted by atomic mass is 9.96. The van der Waals surface area contributed by atoms with Crippen molar-refractivity contribution in [3.63, 3.8) is 0 Å². The van der Waals surface area contributed by atoms with Gasteiger partial charge in [0.15, 0.2) is 0 Å². The number of benzene rings is 1. The zero-order chi connectivity index (χ0) is 14.1. The molecule has 0 unspecified atom stereocenters. The highest BCUT2D eigenvalue weighted by atomic mass is 16.5. The molecule has 0 saturated carbocycles. The van der Waals surface area contributed by atoms with E-state index in [-0.39, 0.29) is 0 Å². The minimum absolute atomic E-state index is 0.326. The minimum Gasteiger partial charge on any atom is -0.367 e. The molecule has 100 valence electrons. The smallest absolute Gasteiger partial charge is 0.230 e. The van der Waals surface area contributed by atoms with E-state index >= 15 is 0 Å². The van der Waals surface area contributed by atoms with Gasteiger partial charge in [-0.15, -0.1) is 0 Å². The molecule has 3 rings (SSSR count). The van der Waals surface area contributed by atoms with Gasteiger partial charge in [0.1, 0.15) is 5.69 Å². The average Bonchev–Trinajstić information content (AvgIpc) is 2.84. The summed E-state index contributed by atoms with van der Waals surface area (Å²) in [5.74, 6) is 0.326. The first-order valence-electron chi connectivity index (χ1n) is 6.40. The van der Waals surface area contributed by atoms with Crippen molar-refractivity contribution in [2.24, 2.45) is 0 Å². The average molecular weight is 265 g/mol. The highest BCUT2D eigenvalue weighted by molar-refractivity contribution is 5.87. The van der Waals surface area contributed by atoms with Gasteiger partial charge in [-0.1, -0.05) is 23.4 Å². The molecule has 0 saturated heterocycles. The molecule has 2 aromatic heterocycles. The Morgan fingerprint density at radius 2 is 1.80 bits per heavy atom. The fourth-order valence-electron chi connectivity index (χ4n) is 2.29. The molecule has 0 aliphatic carbocycles. The van der Waals surface area contributed by atoms with E-state index in [4.69, 9.17) is 10.3 Å². The summed E-state index contributed by atoms with van der Waals surface area (Å²) in [7, 11) is 0. The lowest BCUT2D eigenvalue weighted by Gasteiger charge is -2.07. The molecular weight excluding hydrogens is 250 g/mol. The van der Waals surface area contributed by atoms with Crippen LogP contribution in [0.25, 0.3) is 22.4 Å². The van der Waals surface area contributed by atoms with Gasteiger partial charge in [0.05, 0.1) is 5.56 Å². The minimum atomic E-state index is 0.326. The van der Waals surface area contributed by atoms with Gasteiger partial charge in [-0.3, -0.25) is 4.98 Å². The number of anilines is 1. The number of aryl methyl sites for hydroxylation is 1. The molecule has 2 heterocycles. The van der Waals surface area contributed by atoms with Crippen LogP contribution in [0.3, 0.4) is 0 Å². The maximum Gasteiger partial charge on any atom is 0.230 e. The van der Waals surface area contributed by atoms with E-state index in [2.05, 4.69) is 30.1 Å². The number of hydrogen-bond donors (Lipinski definition) is 1. The third-order valence-electron chi connectivity index (χ3n) is 3.55. The summed E-state index contributed by atoms with van der Waals surface area (Å²) in [4.78, 5) is 4.03. The first kappa shape index (κ1) is 12.4. The van der Waals surface area contributed by atoms with Crippen molar-refractivity contribution >= 4 is 5.88 Å². The molecule has 0 aliphatic rings. The Kier molecular flexibility index (Phi) is 2.99. The SMILES string of the molecule is Cc1cccc(-c2noc(N)c2-c2ccncc2)c1C. The van der Waals surface area contributed by atoms with Crippen molar-refractivity contribution in [2.45, 2.75) is 13.8 Å². The van der Waals surface area contributed by atoms with Crippen LogP contribution >= 0.6 is 0 Å². The molecule has 20 heavy (non-hydrogen) atoms. The predicted molar refractivity (Wildman–Crippen MR) is 79.1 cm³/mol. The molecule has 0 bridgehead atoms. The predicted octanol–water partition coefficient (Wildman–Crippen LogP) is 3.60. The second-order valence-electron chi connectivity index (χ2n) is 4.75. The Balaban J connectivity index is 2.24. The van der Waals surface area contributed by atoms with E-state index in [0.29, 0.717) is 5.88 Å². The number of nitrogens with two attached hydrogens (primary N) is 1. The molecule has 1 aromatic carbocycles. The van der Waals surface area contributed by atoms with Crippen molar-refractivity contribution in [1.82, 2.24) is 10.1 Å². The summed E-state index contributed by atoms with van der Waals surface area (Å²) in [6, 6.07) is 9.92. The first-order valence-corrected chi connectivity index (χ1v) is 6.40. The molecule has 4 nitrogen and oxygen atoms in total. The summed E-state index contributed by atoms with van der Waals surface area (Å²) in [6.07, 6.45) is 3.46. The summed E-state index contributed by atoms with van der Waals surface area (Å²) >= 11 is 0. The van der Waals surface area contributed by atoms with Crippen LogP contribution < -0.4 is 5.73 Å². The number of pyridine rings is 1. The van der Waals surface area contributed by atoms with Gasteiger partial charge >= 0.3 is 0 Å². The maximum atomic E-state index is 5.95. The maximum absolute atomic E-state index is 5.95. The lowest BCUT2D eigenvalue weighted by molar-refractivity contribution is 0.439. The van der Waals surface area contributed by atoms with Crippen LogP contribution in [0.4, 0.5) is 5.88 Å². The van der Waals surface area contributed by atoms with Gasteiger partial charge in [0, 0.05) is 18.0 Å². The normalized spacial score (nSPS) is 10.7. The lowest BCUT2D eigenvalue weighted by Crippen LogP contribution is -1.91. The Labute approximate surface area is 117 Å². The topological polar surface area (TPSA) is 64.9 Å². The van der Waals surface area contributed by atoms with Crippen molar-refractivity contribution in [3.05, 3.63) is 53.9 Å². The van der Waals surface area contributed by atoms with Crippen LogP contribution in [0.15, 0.2) is 47.2 Å². The molecule has 0 atom stereocenters. The first-order chi connectivity index (χ1) is 9.68. The quantitative estimate of drug-likeness (QED) is 0.768. The highest BCUT2D eigenvalue weighted by Gasteiger charge is 2.18. The largest absolute Gasteiger partial charge is 0.367 e. The van der Waals surface area contributed by atoms with Crippen LogP contribution in [0, 0.1) is 13.8 Å². The van der Waals surface area contributed by atoms with Crippen molar-refractivity contribution in [2.75, 3.05) is 5.73 Å². The number of nitrogens with zero attached hydrogens (tertiary/aromatic N) is 2. The summed E-state index contributed by atoms with van der Waals surface area (Å²) in [5.41, 5.74) is 11.9. The Hall–Kier alpha value is -2.62. The summed E-state index contributed by atoms with van der Waals surface area (Å²) in [6.45, 7) is 4.15. The number of aromatic nitrogens is 2. The second kappa shape index (κ2) is 4.81. The van der Waals surface area contributed by atoms with Crippen LogP contribution in [0.1, 0.15) is 11.1 Å². The third kappa shape index (κ3) is 1.95. The Bertz CT molecular complexity index is 748. The summed E-state index contributed by atoms with van der Waals surface area (Å²) < 4.78 is 5.21. The number of rotatable bonds is 2. The van der Waals surface area contributed by atoms with E-state index in [0.717, 1.165) is 22.4 Å². The number of hydrogen-bond acceptors (Lipinski definition) is 4. The molecular formula is C16H15N3O. The van der Waals surface area contributed by atoms with Crippen molar-refractivity contribution in [1.29, 1.82) is 0 Å². The monoisotopic (exact) mass is 265 g/mol. The van der Waals surface area contributed by atoms with Gasteiger partial charge < -0.3 is 10.3 Å².